The smallest absolute Gasteiger partial charge is 0.116 e. The van der Waals surface area contributed by atoms with Crippen LogP contribution < -0.4 is 5.73 Å². The topological polar surface area (TPSA) is 67.6 Å². The third-order valence-electron chi connectivity index (χ3n) is 1.57. The SMILES string of the molecule is NCc1cc2ncncc2[nH]1. The summed E-state index contributed by atoms with van der Waals surface area (Å²) in [5, 5.41) is 0. The zero-order chi connectivity index (χ0) is 7.68. The Labute approximate surface area is 63.5 Å². The van der Waals surface area contributed by atoms with Crippen molar-refractivity contribution in [3.8, 4) is 0 Å². The van der Waals surface area contributed by atoms with Crippen LogP contribution in [0, 0.1) is 0 Å². The van der Waals surface area contributed by atoms with Gasteiger partial charge in [-0.2, -0.15) is 0 Å². The van der Waals surface area contributed by atoms with Crippen LogP contribution in [0.4, 0.5) is 0 Å². The number of aromatic nitrogens is 3. The van der Waals surface area contributed by atoms with E-state index in [4.69, 9.17) is 5.73 Å². The van der Waals surface area contributed by atoms with Crippen LogP contribution in [-0.4, -0.2) is 15.0 Å². The number of hydrogen-bond donors (Lipinski definition) is 2. The summed E-state index contributed by atoms with van der Waals surface area (Å²) in [6.45, 7) is 0.510. The number of hydrogen-bond acceptors (Lipinski definition) is 3. The molecule has 0 radical (unpaired) electrons. The van der Waals surface area contributed by atoms with Gasteiger partial charge in [-0.05, 0) is 6.07 Å². The van der Waals surface area contributed by atoms with Gasteiger partial charge in [0, 0.05) is 12.2 Å². The van der Waals surface area contributed by atoms with Gasteiger partial charge in [0.25, 0.3) is 0 Å². The van der Waals surface area contributed by atoms with Crippen LogP contribution in [0.1, 0.15) is 5.69 Å². The molecule has 3 N–H and O–H groups in total. The number of H-pyrrole nitrogens is 1. The molecule has 0 saturated heterocycles. The Bertz CT molecular complexity index is 332. The molecule has 0 aliphatic heterocycles. The van der Waals surface area contributed by atoms with Crippen LogP contribution in [0.5, 0.6) is 0 Å². The molecule has 2 rings (SSSR count). The lowest BCUT2D eigenvalue weighted by molar-refractivity contribution is 1.02. The summed E-state index contributed by atoms with van der Waals surface area (Å²) in [6.07, 6.45) is 3.26. The summed E-state index contributed by atoms with van der Waals surface area (Å²) in [5.74, 6) is 0. The van der Waals surface area contributed by atoms with Crippen LogP contribution in [0.3, 0.4) is 0 Å². The van der Waals surface area contributed by atoms with Gasteiger partial charge in [0.1, 0.15) is 6.33 Å². The average molecular weight is 148 g/mol. The summed E-state index contributed by atoms with van der Waals surface area (Å²) in [7, 11) is 0. The van der Waals surface area contributed by atoms with Crippen molar-refractivity contribution < 1.29 is 0 Å². The van der Waals surface area contributed by atoms with Gasteiger partial charge >= 0.3 is 0 Å². The van der Waals surface area contributed by atoms with E-state index < -0.39 is 0 Å². The number of nitrogens with zero attached hydrogens (tertiary/aromatic N) is 2. The molecule has 2 heterocycles. The Hall–Kier alpha value is -1.42. The molecule has 0 aromatic carbocycles. The molecule has 0 aliphatic carbocycles. The van der Waals surface area contributed by atoms with Crippen molar-refractivity contribution in [1.82, 2.24) is 15.0 Å². The minimum Gasteiger partial charge on any atom is -0.355 e. The van der Waals surface area contributed by atoms with Gasteiger partial charge in [-0.15, -0.1) is 0 Å². The highest BCUT2D eigenvalue weighted by Gasteiger charge is 1.97. The second-order valence-corrected chi connectivity index (χ2v) is 2.32. The summed E-state index contributed by atoms with van der Waals surface area (Å²) in [6, 6.07) is 1.93. The minimum absolute atomic E-state index is 0.510. The fourth-order valence-electron chi connectivity index (χ4n) is 1.03. The van der Waals surface area contributed by atoms with E-state index in [0.29, 0.717) is 6.54 Å². The van der Waals surface area contributed by atoms with Crippen LogP contribution in [0.25, 0.3) is 11.0 Å². The van der Waals surface area contributed by atoms with Crippen molar-refractivity contribution >= 4 is 11.0 Å². The first-order valence-electron chi connectivity index (χ1n) is 3.38. The second kappa shape index (κ2) is 2.32. The number of rotatable bonds is 1. The van der Waals surface area contributed by atoms with E-state index in [-0.39, 0.29) is 0 Å². The zero-order valence-corrected chi connectivity index (χ0v) is 5.91. The lowest BCUT2D eigenvalue weighted by Gasteiger charge is -1.84. The van der Waals surface area contributed by atoms with E-state index in [9.17, 15) is 0 Å². The average Bonchev–Trinajstić information content (AvgIpc) is 2.46. The minimum atomic E-state index is 0.510. The second-order valence-electron chi connectivity index (χ2n) is 2.32. The highest BCUT2D eigenvalue weighted by atomic mass is 14.9. The fourth-order valence-corrected chi connectivity index (χ4v) is 1.03. The Morgan fingerprint density at radius 2 is 2.45 bits per heavy atom. The maximum absolute atomic E-state index is 5.43. The molecule has 0 unspecified atom stereocenters. The van der Waals surface area contributed by atoms with Crippen LogP contribution >= 0.6 is 0 Å². The van der Waals surface area contributed by atoms with Gasteiger partial charge < -0.3 is 10.7 Å². The molecule has 4 nitrogen and oxygen atoms in total. The maximum Gasteiger partial charge on any atom is 0.116 e. The largest absolute Gasteiger partial charge is 0.355 e. The predicted octanol–water partition coefficient (Wildman–Crippen LogP) is 0.417. The highest BCUT2D eigenvalue weighted by molar-refractivity contribution is 5.74. The van der Waals surface area contributed by atoms with E-state index in [1.807, 2.05) is 6.07 Å². The van der Waals surface area contributed by atoms with Gasteiger partial charge in [-0.1, -0.05) is 0 Å². The normalized spacial score (nSPS) is 10.6. The van der Waals surface area contributed by atoms with Gasteiger partial charge in [0.2, 0.25) is 0 Å². The summed E-state index contributed by atoms with van der Waals surface area (Å²) in [5.41, 5.74) is 8.28. The standard InChI is InChI=1S/C7H8N4/c8-2-5-1-6-7(11-5)3-9-4-10-6/h1,3-4,11H,2,8H2. The van der Waals surface area contributed by atoms with E-state index in [1.165, 1.54) is 6.33 Å². The Balaban J connectivity index is 2.69. The first-order valence-corrected chi connectivity index (χ1v) is 3.38. The third kappa shape index (κ3) is 0.969. The molecule has 0 saturated carbocycles. The quantitative estimate of drug-likeness (QED) is 0.615. The summed E-state index contributed by atoms with van der Waals surface area (Å²) in [4.78, 5) is 11.0. The first-order chi connectivity index (χ1) is 5.40. The predicted molar refractivity (Wildman–Crippen MR) is 41.8 cm³/mol. The molecule has 0 spiro atoms. The Morgan fingerprint density at radius 1 is 1.55 bits per heavy atom. The third-order valence-corrected chi connectivity index (χ3v) is 1.57. The summed E-state index contributed by atoms with van der Waals surface area (Å²) < 4.78 is 0. The molecule has 0 bridgehead atoms. The van der Waals surface area contributed by atoms with Crippen molar-refractivity contribution in [2.75, 3.05) is 0 Å². The number of nitrogens with one attached hydrogen (secondary N) is 1. The van der Waals surface area contributed by atoms with Gasteiger partial charge in [0.05, 0.1) is 17.2 Å². The van der Waals surface area contributed by atoms with Crippen LogP contribution in [0.2, 0.25) is 0 Å². The first kappa shape index (κ1) is 6.30. The molecule has 0 aliphatic rings. The van der Waals surface area contributed by atoms with Crippen molar-refractivity contribution in [3.63, 3.8) is 0 Å². The molecule has 2 aromatic rings. The van der Waals surface area contributed by atoms with Crippen molar-refractivity contribution in [2.45, 2.75) is 6.54 Å². The van der Waals surface area contributed by atoms with Crippen LogP contribution in [-0.2, 0) is 6.54 Å². The monoisotopic (exact) mass is 148 g/mol. The molecule has 0 atom stereocenters. The van der Waals surface area contributed by atoms with E-state index in [0.717, 1.165) is 16.7 Å². The fraction of sp³-hybridized carbons (Fsp3) is 0.143. The van der Waals surface area contributed by atoms with Crippen LogP contribution in [0.15, 0.2) is 18.6 Å². The number of nitrogens with two attached hydrogens (primary N) is 1. The van der Waals surface area contributed by atoms with E-state index in [2.05, 4.69) is 15.0 Å². The molecule has 56 valence electrons. The van der Waals surface area contributed by atoms with E-state index >= 15 is 0 Å². The number of fused-ring (bicyclic) bond motifs is 1. The molecule has 11 heavy (non-hydrogen) atoms. The molecule has 0 amide bonds. The molecular formula is C7H8N4. The molecule has 4 heteroatoms. The molecule has 0 fully saturated rings. The van der Waals surface area contributed by atoms with Gasteiger partial charge in [0.15, 0.2) is 0 Å². The van der Waals surface area contributed by atoms with Crippen molar-refractivity contribution in [2.24, 2.45) is 5.73 Å². The zero-order valence-electron chi connectivity index (χ0n) is 5.91. The van der Waals surface area contributed by atoms with Gasteiger partial charge in [-0.3, -0.25) is 0 Å². The molecule has 2 aromatic heterocycles. The summed E-state index contributed by atoms with van der Waals surface area (Å²) >= 11 is 0. The molecular weight excluding hydrogens is 140 g/mol. The number of aromatic amines is 1. The highest BCUT2D eigenvalue weighted by Crippen LogP contribution is 2.09. The lowest BCUT2D eigenvalue weighted by atomic mass is 10.4. The van der Waals surface area contributed by atoms with E-state index in [1.54, 1.807) is 6.20 Å². The Morgan fingerprint density at radius 3 is 3.18 bits per heavy atom. The van der Waals surface area contributed by atoms with Crippen molar-refractivity contribution in [3.05, 3.63) is 24.3 Å². The lowest BCUT2D eigenvalue weighted by Crippen LogP contribution is -1.94. The van der Waals surface area contributed by atoms with Gasteiger partial charge in [-0.25, -0.2) is 9.97 Å². The maximum atomic E-state index is 5.43. The Kier molecular flexibility index (Phi) is 1.33. The van der Waals surface area contributed by atoms with Crippen molar-refractivity contribution in [1.29, 1.82) is 0 Å².